The molecule has 6 heteroatoms. The lowest BCUT2D eigenvalue weighted by atomic mass is 9.79. The van der Waals surface area contributed by atoms with Gasteiger partial charge in [0.2, 0.25) is 0 Å². The molecule has 0 N–H and O–H groups in total. The highest BCUT2D eigenvalue weighted by atomic mass is 35.5. The number of ether oxygens (including phenoxy) is 5. The summed E-state index contributed by atoms with van der Waals surface area (Å²) < 4.78 is 31.9. The molecule has 0 heterocycles. The summed E-state index contributed by atoms with van der Waals surface area (Å²) in [4.78, 5) is 0. The summed E-state index contributed by atoms with van der Waals surface area (Å²) in [6.07, 6.45) is 10.9. The van der Waals surface area contributed by atoms with Gasteiger partial charge in [-0.1, -0.05) is 95.3 Å². The molecule has 0 saturated heterocycles. The zero-order valence-electron chi connectivity index (χ0n) is 28.0. The first-order chi connectivity index (χ1) is 21.6. The third kappa shape index (κ3) is 11.5. The van der Waals surface area contributed by atoms with E-state index < -0.39 is 0 Å². The summed E-state index contributed by atoms with van der Waals surface area (Å²) in [6.45, 7) is 14.8. The molecule has 0 amide bonds. The molecule has 0 bridgehead atoms. The van der Waals surface area contributed by atoms with E-state index in [1.54, 1.807) is 0 Å². The average Bonchev–Trinajstić information content (AvgIpc) is 3.03. The Labute approximate surface area is 272 Å². The molecule has 44 heavy (non-hydrogen) atoms. The van der Waals surface area contributed by atoms with Crippen molar-refractivity contribution in [2.45, 2.75) is 117 Å². The second-order valence-electron chi connectivity index (χ2n) is 11.8. The van der Waals surface area contributed by atoms with Crippen molar-refractivity contribution in [1.29, 1.82) is 0 Å². The summed E-state index contributed by atoms with van der Waals surface area (Å²) in [7, 11) is 0. The molecule has 0 aromatic heterocycles. The van der Waals surface area contributed by atoms with Gasteiger partial charge in [-0.3, -0.25) is 0 Å². The molecule has 1 aliphatic rings. The summed E-state index contributed by atoms with van der Waals surface area (Å²) in [5.41, 5.74) is 4.62. The van der Waals surface area contributed by atoms with Crippen LogP contribution in [0.3, 0.4) is 0 Å². The van der Waals surface area contributed by atoms with E-state index in [0.29, 0.717) is 33.0 Å². The highest BCUT2D eigenvalue weighted by molar-refractivity contribution is 6.31. The van der Waals surface area contributed by atoms with Gasteiger partial charge in [0.05, 0.1) is 19.3 Å². The Morgan fingerprint density at radius 3 is 1.93 bits per heavy atom. The highest BCUT2D eigenvalue weighted by Gasteiger charge is 2.43. The van der Waals surface area contributed by atoms with E-state index in [4.69, 9.17) is 35.3 Å². The summed E-state index contributed by atoms with van der Waals surface area (Å²) in [5.74, 6) is 0.875. The standard InChI is InChI=1S/C38H57ClO5/c1-6-11-21-40-28-32-27-34(30-17-20-35(39)31(26-30)25-29-15-18-33(19-16-29)41-10-5)37(43-23-13-8-3)38(44-24-14-9-4)36(32)42-22-12-7-2/h15-20,26-27,34,36-38H,6-14,21-25,28H2,1-5H3/t34-,36+,37-,38-/m0/s1. The minimum atomic E-state index is -0.222. The smallest absolute Gasteiger partial charge is 0.119 e. The van der Waals surface area contributed by atoms with E-state index in [9.17, 15) is 0 Å². The molecule has 2 aromatic carbocycles. The van der Waals surface area contributed by atoms with Crippen molar-refractivity contribution in [3.05, 3.63) is 75.8 Å². The minimum absolute atomic E-state index is 0.00868. The number of benzene rings is 2. The Balaban J connectivity index is 2.01. The van der Waals surface area contributed by atoms with E-state index in [0.717, 1.165) is 86.3 Å². The first kappa shape index (κ1) is 36.6. The van der Waals surface area contributed by atoms with Crippen molar-refractivity contribution >= 4 is 11.6 Å². The molecule has 1 aliphatic carbocycles. The van der Waals surface area contributed by atoms with Crippen molar-refractivity contribution in [2.75, 3.05) is 39.6 Å². The van der Waals surface area contributed by atoms with Crippen molar-refractivity contribution < 1.29 is 23.7 Å². The normalized spacial score (nSPS) is 20.1. The number of rotatable bonds is 22. The van der Waals surface area contributed by atoms with Gasteiger partial charge in [0, 0.05) is 37.4 Å². The number of unbranched alkanes of at least 4 members (excludes halogenated alkanes) is 4. The molecule has 5 nitrogen and oxygen atoms in total. The van der Waals surface area contributed by atoms with Crippen molar-refractivity contribution in [2.24, 2.45) is 0 Å². The van der Waals surface area contributed by atoms with Gasteiger partial charge in [0.25, 0.3) is 0 Å². The fraction of sp³-hybridized carbons (Fsp3) is 0.632. The van der Waals surface area contributed by atoms with Crippen LogP contribution in [0.25, 0.3) is 0 Å². The molecule has 246 valence electrons. The van der Waals surface area contributed by atoms with Crippen molar-refractivity contribution in [3.8, 4) is 5.75 Å². The van der Waals surface area contributed by atoms with Crippen LogP contribution in [-0.4, -0.2) is 58.0 Å². The number of hydrogen-bond acceptors (Lipinski definition) is 5. The molecule has 0 saturated carbocycles. The van der Waals surface area contributed by atoms with Gasteiger partial charge >= 0.3 is 0 Å². The first-order valence-electron chi connectivity index (χ1n) is 17.2. The highest BCUT2D eigenvalue weighted by Crippen LogP contribution is 2.39. The molecule has 0 radical (unpaired) electrons. The van der Waals surface area contributed by atoms with Gasteiger partial charge in [-0.15, -0.1) is 0 Å². The largest absolute Gasteiger partial charge is 0.494 e. The lowest BCUT2D eigenvalue weighted by Gasteiger charge is -2.42. The Bertz CT molecular complexity index is 1090. The van der Waals surface area contributed by atoms with Crippen LogP contribution in [0.1, 0.15) is 109 Å². The maximum atomic E-state index is 6.80. The van der Waals surface area contributed by atoms with Gasteiger partial charge in [-0.2, -0.15) is 0 Å². The fourth-order valence-electron chi connectivity index (χ4n) is 5.55. The molecular weight excluding hydrogens is 572 g/mol. The van der Waals surface area contributed by atoms with Crippen LogP contribution >= 0.6 is 11.6 Å². The first-order valence-corrected chi connectivity index (χ1v) is 17.6. The van der Waals surface area contributed by atoms with E-state index >= 15 is 0 Å². The molecule has 0 unspecified atom stereocenters. The monoisotopic (exact) mass is 628 g/mol. The van der Waals surface area contributed by atoms with Crippen LogP contribution in [0.2, 0.25) is 5.02 Å². The van der Waals surface area contributed by atoms with Crippen LogP contribution in [0.5, 0.6) is 5.75 Å². The van der Waals surface area contributed by atoms with Crippen LogP contribution in [0, 0.1) is 0 Å². The molecule has 0 fully saturated rings. The average molecular weight is 629 g/mol. The molecule has 4 atom stereocenters. The lowest BCUT2D eigenvalue weighted by Crippen LogP contribution is -2.50. The fourth-order valence-corrected chi connectivity index (χ4v) is 5.74. The van der Waals surface area contributed by atoms with Crippen LogP contribution in [0.4, 0.5) is 0 Å². The second-order valence-corrected chi connectivity index (χ2v) is 12.2. The second kappa shape index (κ2) is 21.0. The quantitative estimate of drug-likeness (QED) is 0.0959. The molecule has 3 rings (SSSR count). The Morgan fingerprint density at radius 2 is 1.30 bits per heavy atom. The van der Waals surface area contributed by atoms with E-state index in [1.807, 2.05) is 25.1 Å². The summed E-state index contributed by atoms with van der Waals surface area (Å²) in [5, 5.41) is 0.769. The summed E-state index contributed by atoms with van der Waals surface area (Å²) in [6, 6.07) is 14.7. The maximum Gasteiger partial charge on any atom is 0.119 e. The van der Waals surface area contributed by atoms with Gasteiger partial charge in [0.15, 0.2) is 0 Å². The van der Waals surface area contributed by atoms with Gasteiger partial charge in [0.1, 0.15) is 18.0 Å². The maximum absolute atomic E-state index is 6.80. The molecule has 2 aromatic rings. The predicted molar refractivity (Wildman–Crippen MR) is 182 cm³/mol. The Kier molecular flexibility index (Phi) is 17.5. The third-order valence-corrected chi connectivity index (χ3v) is 8.51. The Morgan fingerprint density at radius 1 is 0.682 bits per heavy atom. The van der Waals surface area contributed by atoms with E-state index in [-0.39, 0.29) is 24.2 Å². The van der Waals surface area contributed by atoms with Crippen LogP contribution in [-0.2, 0) is 25.4 Å². The van der Waals surface area contributed by atoms with Gasteiger partial charge < -0.3 is 23.7 Å². The Hall–Kier alpha value is -1.89. The zero-order chi connectivity index (χ0) is 31.6. The van der Waals surface area contributed by atoms with Crippen LogP contribution in [0.15, 0.2) is 54.1 Å². The molecule has 0 aliphatic heterocycles. The SMILES string of the molecule is CCCCOCC1=C[C@@H](c2ccc(Cl)c(Cc3ccc(OCC)cc3)c2)[C@H](OCCCC)[C@@H](OCCCC)[C@@H]1OCCCC. The van der Waals surface area contributed by atoms with Gasteiger partial charge in [-0.05, 0) is 79.5 Å². The number of hydrogen-bond donors (Lipinski definition) is 0. The molecule has 0 spiro atoms. The van der Waals surface area contributed by atoms with Gasteiger partial charge in [-0.25, -0.2) is 0 Å². The number of halogens is 1. The predicted octanol–water partition coefficient (Wildman–Crippen LogP) is 9.73. The topological polar surface area (TPSA) is 46.2 Å². The lowest BCUT2D eigenvalue weighted by molar-refractivity contribution is -0.142. The van der Waals surface area contributed by atoms with E-state index in [1.165, 1.54) is 11.1 Å². The minimum Gasteiger partial charge on any atom is -0.494 e. The van der Waals surface area contributed by atoms with Crippen molar-refractivity contribution in [1.82, 2.24) is 0 Å². The zero-order valence-corrected chi connectivity index (χ0v) is 28.7. The molecular formula is C38H57ClO5. The van der Waals surface area contributed by atoms with Crippen LogP contribution < -0.4 is 4.74 Å². The summed E-state index contributed by atoms with van der Waals surface area (Å²) >= 11 is 6.80. The van der Waals surface area contributed by atoms with Crippen molar-refractivity contribution in [3.63, 3.8) is 0 Å². The van der Waals surface area contributed by atoms with E-state index in [2.05, 4.69) is 58.0 Å². The third-order valence-electron chi connectivity index (χ3n) is 8.14.